The minimum atomic E-state index is 0.210. The summed E-state index contributed by atoms with van der Waals surface area (Å²) in [5.74, 6) is 1.02. The fraction of sp³-hybridized carbons (Fsp3) is 0.611. The summed E-state index contributed by atoms with van der Waals surface area (Å²) in [6.45, 7) is 5.98. The van der Waals surface area contributed by atoms with Crippen LogP contribution < -0.4 is 0 Å². The summed E-state index contributed by atoms with van der Waals surface area (Å²) in [5, 5.41) is 0. The van der Waals surface area contributed by atoms with Crippen molar-refractivity contribution in [3.05, 3.63) is 35.9 Å². The van der Waals surface area contributed by atoms with Crippen LogP contribution in [0.2, 0.25) is 0 Å². The summed E-state index contributed by atoms with van der Waals surface area (Å²) >= 11 is 0. The zero-order valence-electron chi connectivity index (χ0n) is 12.7. The van der Waals surface area contributed by atoms with Crippen LogP contribution in [0.1, 0.15) is 51.5 Å². The maximum Gasteiger partial charge on any atom is 0.133 e. The van der Waals surface area contributed by atoms with Crippen LogP contribution in [0.4, 0.5) is 0 Å². The molecule has 1 aromatic rings. The van der Waals surface area contributed by atoms with E-state index in [4.69, 9.17) is 4.74 Å². The summed E-state index contributed by atoms with van der Waals surface area (Å²) < 4.78 is 5.69. The van der Waals surface area contributed by atoms with Gasteiger partial charge < -0.3 is 4.74 Å². The molecule has 0 aliphatic heterocycles. The number of hydrogen-bond acceptors (Lipinski definition) is 2. The van der Waals surface area contributed by atoms with Crippen LogP contribution >= 0.6 is 0 Å². The van der Waals surface area contributed by atoms with E-state index in [1.165, 1.54) is 5.56 Å². The normalized spacial score (nSPS) is 21.3. The van der Waals surface area contributed by atoms with E-state index in [0.29, 0.717) is 18.3 Å². The Kier molecular flexibility index (Phi) is 5.36. The molecule has 0 N–H and O–H groups in total. The SMILES string of the molecule is CC1(C)CC(=O)C[C@H]1CCCCOCc1ccccc1. The van der Waals surface area contributed by atoms with Gasteiger partial charge in [0.25, 0.3) is 0 Å². The summed E-state index contributed by atoms with van der Waals surface area (Å²) in [6.07, 6.45) is 4.97. The highest BCUT2D eigenvalue weighted by atomic mass is 16.5. The Morgan fingerprint density at radius 2 is 1.95 bits per heavy atom. The van der Waals surface area contributed by atoms with Gasteiger partial charge in [0.15, 0.2) is 0 Å². The summed E-state index contributed by atoms with van der Waals surface area (Å²) in [5.41, 5.74) is 1.44. The van der Waals surface area contributed by atoms with Gasteiger partial charge in [0.2, 0.25) is 0 Å². The second-order valence-corrected chi connectivity index (χ2v) is 6.64. The molecule has 20 heavy (non-hydrogen) atoms. The predicted molar refractivity (Wildman–Crippen MR) is 81.5 cm³/mol. The van der Waals surface area contributed by atoms with E-state index < -0.39 is 0 Å². The quantitative estimate of drug-likeness (QED) is 0.690. The van der Waals surface area contributed by atoms with Gasteiger partial charge in [-0.25, -0.2) is 0 Å². The van der Waals surface area contributed by atoms with Crippen molar-refractivity contribution >= 4 is 5.78 Å². The molecule has 1 fully saturated rings. The molecule has 0 aromatic heterocycles. The highest BCUT2D eigenvalue weighted by Crippen LogP contribution is 2.43. The molecule has 1 aromatic carbocycles. The average Bonchev–Trinajstić information content (AvgIpc) is 2.67. The maximum atomic E-state index is 11.5. The van der Waals surface area contributed by atoms with Crippen molar-refractivity contribution in [2.45, 2.75) is 52.6 Å². The Labute approximate surface area is 122 Å². The Morgan fingerprint density at radius 3 is 2.60 bits per heavy atom. The molecule has 0 unspecified atom stereocenters. The zero-order chi connectivity index (χ0) is 14.4. The molecule has 2 heteroatoms. The van der Waals surface area contributed by atoms with Crippen LogP contribution in [0.3, 0.4) is 0 Å². The molecule has 1 aliphatic rings. The summed E-state index contributed by atoms with van der Waals surface area (Å²) in [7, 11) is 0. The molecular weight excluding hydrogens is 248 g/mol. The van der Waals surface area contributed by atoms with Gasteiger partial charge in [-0.15, -0.1) is 0 Å². The third-order valence-corrected chi connectivity index (χ3v) is 4.43. The molecule has 0 saturated heterocycles. The summed E-state index contributed by atoms with van der Waals surface area (Å²) in [4.78, 5) is 11.5. The Bertz CT molecular complexity index is 422. The van der Waals surface area contributed by atoms with Crippen LogP contribution in [-0.4, -0.2) is 12.4 Å². The minimum absolute atomic E-state index is 0.210. The molecule has 2 rings (SSSR count). The number of carbonyl (C=O) groups is 1. The number of Topliss-reactive ketones (excluding diaryl/α,β-unsaturated/α-hetero) is 1. The highest BCUT2D eigenvalue weighted by Gasteiger charge is 2.38. The van der Waals surface area contributed by atoms with Gasteiger partial charge in [0.1, 0.15) is 5.78 Å². The van der Waals surface area contributed by atoms with Crippen LogP contribution in [0.25, 0.3) is 0 Å². The zero-order valence-corrected chi connectivity index (χ0v) is 12.7. The van der Waals surface area contributed by atoms with E-state index >= 15 is 0 Å². The predicted octanol–water partition coefficient (Wildman–Crippen LogP) is 4.38. The lowest BCUT2D eigenvalue weighted by Gasteiger charge is -2.25. The molecule has 0 spiro atoms. The number of benzene rings is 1. The van der Waals surface area contributed by atoms with Gasteiger partial charge in [-0.3, -0.25) is 4.79 Å². The van der Waals surface area contributed by atoms with E-state index in [2.05, 4.69) is 26.0 Å². The number of ketones is 1. The smallest absolute Gasteiger partial charge is 0.133 e. The van der Waals surface area contributed by atoms with E-state index in [1.54, 1.807) is 0 Å². The van der Waals surface area contributed by atoms with Crippen molar-refractivity contribution in [1.82, 2.24) is 0 Å². The van der Waals surface area contributed by atoms with Gasteiger partial charge in [0, 0.05) is 19.4 Å². The number of hydrogen-bond donors (Lipinski definition) is 0. The maximum absolute atomic E-state index is 11.5. The summed E-state index contributed by atoms with van der Waals surface area (Å²) in [6, 6.07) is 10.3. The van der Waals surface area contributed by atoms with Gasteiger partial charge in [0.05, 0.1) is 6.61 Å². The molecule has 1 aliphatic carbocycles. The first-order valence-corrected chi connectivity index (χ1v) is 7.71. The standard InChI is InChI=1S/C18H26O2/c1-18(2)13-17(19)12-16(18)10-6-7-11-20-14-15-8-4-3-5-9-15/h3-5,8-9,16H,6-7,10-14H2,1-2H3/t16-/m1/s1. The Hall–Kier alpha value is -1.15. The van der Waals surface area contributed by atoms with E-state index in [0.717, 1.165) is 38.7 Å². The lowest BCUT2D eigenvalue weighted by Crippen LogP contribution is -2.17. The molecule has 0 amide bonds. The largest absolute Gasteiger partial charge is 0.377 e. The monoisotopic (exact) mass is 274 g/mol. The fourth-order valence-corrected chi connectivity index (χ4v) is 3.13. The topological polar surface area (TPSA) is 26.3 Å². The van der Waals surface area contributed by atoms with E-state index in [-0.39, 0.29) is 5.41 Å². The van der Waals surface area contributed by atoms with Crippen molar-refractivity contribution in [1.29, 1.82) is 0 Å². The molecule has 110 valence electrons. The molecule has 1 atom stereocenters. The van der Waals surface area contributed by atoms with Gasteiger partial charge >= 0.3 is 0 Å². The fourth-order valence-electron chi connectivity index (χ4n) is 3.13. The first-order valence-electron chi connectivity index (χ1n) is 7.71. The van der Waals surface area contributed by atoms with Crippen molar-refractivity contribution in [2.75, 3.05) is 6.61 Å². The first-order chi connectivity index (χ1) is 9.58. The number of rotatable bonds is 7. The lowest BCUT2D eigenvalue weighted by molar-refractivity contribution is -0.118. The molecule has 0 radical (unpaired) electrons. The Balaban J connectivity index is 1.57. The second-order valence-electron chi connectivity index (χ2n) is 6.64. The molecular formula is C18H26O2. The van der Waals surface area contributed by atoms with Gasteiger partial charge in [-0.2, -0.15) is 0 Å². The average molecular weight is 274 g/mol. The van der Waals surface area contributed by atoms with Crippen molar-refractivity contribution in [3.8, 4) is 0 Å². The molecule has 1 saturated carbocycles. The minimum Gasteiger partial charge on any atom is -0.377 e. The van der Waals surface area contributed by atoms with Crippen molar-refractivity contribution < 1.29 is 9.53 Å². The van der Waals surface area contributed by atoms with E-state index in [1.807, 2.05) is 18.2 Å². The number of ether oxygens (including phenoxy) is 1. The van der Waals surface area contributed by atoms with Crippen molar-refractivity contribution in [2.24, 2.45) is 11.3 Å². The third kappa shape index (κ3) is 4.45. The van der Waals surface area contributed by atoms with E-state index in [9.17, 15) is 4.79 Å². The van der Waals surface area contributed by atoms with Crippen LogP contribution in [0.5, 0.6) is 0 Å². The van der Waals surface area contributed by atoms with Crippen molar-refractivity contribution in [3.63, 3.8) is 0 Å². The number of carbonyl (C=O) groups excluding carboxylic acids is 1. The third-order valence-electron chi connectivity index (χ3n) is 4.43. The van der Waals surface area contributed by atoms with Crippen LogP contribution in [-0.2, 0) is 16.1 Å². The van der Waals surface area contributed by atoms with Gasteiger partial charge in [-0.1, -0.05) is 50.6 Å². The molecule has 2 nitrogen and oxygen atoms in total. The molecule has 0 bridgehead atoms. The highest BCUT2D eigenvalue weighted by molar-refractivity contribution is 5.81. The second kappa shape index (κ2) is 7.03. The lowest BCUT2D eigenvalue weighted by atomic mass is 9.79. The van der Waals surface area contributed by atoms with Gasteiger partial charge in [-0.05, 0) is 29.7 Å². The van der Waals surface area contributed by atoms with Crippen LogP contribution in [0, 0.1) is 11.3 Å². The number of unbranched alkanes of at least 4 members (excludes halogenated alkanes) is 1. The van der Waals surface area contributed by atoms with Crippen LogP contribution in [0.15, 0.2) is 30.3 Å². The Morgan fingerprint density at radius 1 is 1.20 bits per heavy atom. The first kappa shape index (κ1) is 15.2. The molecule has 0 heterocycles.